The average molecular weight is 469 g/mol. The van der Waals surface area contributed by atoms with Gasteiger partial charge < -0.3 is 15.2 Å². The lowest BCUT2D eigenvalue weighted by atomic mass is 9.82. The summed E-state index contributed by atoms with van der Waals surface area (Å²) in [5, 5.41) is 13.4. The SMILES string of the molecule is COc1ccc(-c2ccc3c(c2)[C@H]2[C@H](CCN2S(=O)(=O)c2ccccc2F)[C@H](CO)N3)cc1. The normalized spacial score (nSPS) is 22.3. The third kappa shape index (κ3) is 3.68. The van der Waals surface area contributed by atoms with E-state index in [-0.39, 0.29) is 30.0 Å². The predicted octanol–water partition coefficient (Wildman–Crippen LogP) is 4.04. The fourth-order valence-electron chi connectivity index (χ4n) is 5.03. The lowest BCUT2D eigenvalue weighted by Gasteiger charge is -2.39. The summed E-state index contributed by atoms with van der Waals surface area (Å²) in [6.45, 7) is 0.144. The van der Waals surface area contributed by atoms with Crippen LogP contribution in [0.3, 0.4) is 0 Å². The minimum Gasteiger partial charge on any atom is -0.497 e. The number of anilines is 1. The minimum atomic E-state index is -4.07. The van der Waals surface area contributed by atoms with E-state index in [0.717, 1.165) is 34.2 Å². The topological polar surface area (TPSA) is 78.9 Å². The molecule has 5 rings (SSSR count). The van der Waals surface area contributed by atoms with Gasteiger partial charge in [0.15, 0.2) is 0 Å². The molecule has 1 saturated heterocycles. The van der Waals surface area contributed by atoms with Crippen molar-refractivity contribution in [1.82, 2.24) is 4.31 Å². The van der Waals surface area contributed by atoms with Gasteiger partial charge in [0.1, 0.15) is 16.5 Å². The van der Waals surface area contributed by atoms with Crippen LogP contribution < -0.4 is 10.1 Å². The maximum absolute atomic E-state index is 14.5. The molecular formula is C25H25FN2O4S. The van der Waals surface area contributed by atoms with E-state index >= 15 is 0 Å². The molecule has 2 heterocycles. The van der Waals surface area contributed by atoms with Crippen molar-refractivity contribution >= 4 is 15.7 Å². The van der Waals surface area contributed by atoms with Gasteiger partial charge in [0.05, 0.1) is 25.8 Å². The lowest BCUT2D eigenvalue weighted by molar-refractivity contribution is 0.210. The highest BCUT2D eigenvalue weighted by Gasteiger charge is 2.49. The molecule has 2 N–H and O–H groups in total. The number of sulfonamides is 1. The number of nitrogens with one attached hydrogen (secondary N) is 1. The predicted molar refractivity (Wildman–Crippen MR) is 124 cm³/mol. The van der Waals surface area contributed by atoms with Crippen LogP contribution in [0, 0.1) is 11.7 Å². The standard InChI is InChI=1S/C25H25FN2O4S/c1-32-18-9-6-16(7-10-18)17-8-11-22-20(14-17)25-19(23(15-29)27-22)12-13-28(25)33(30,31)24-5-3-2-4-21(24)26/h2-11,14,19,23,25,27,29H,12-13,15H2,1H3/t19-,23+,25-/m1/s1. The molecule has 0 amide bonds. The van der Waals surface area contributed by atoms with Gasteiger partial charge in [-0.3, -0.25) is 0 Å². The van der Waals surface area contributed by atoms with Gasteiger partial charge in [-0.05, 0) is 59.5 Å². The first-order valence-electron chi connectivity index (χ1n) is 10.9. The molecule has 3 aromatic carbocycles. The van der Waals surface area contributed by atoms with Crippen molar-refractivity contribution in [3.8, 4) is 16.9 Å². The molecule has 2 aliphatic rings. The van der Waals surface area contributed by atoms with Gasteiger partial charge in [-0.15, -0.1) is 0 Å². The summed E-state index contributed by atoms with van der Waals surface area (Å²) >= 11 is 0. The number of benzene rings is 3. The van der Waals surface area contributed by atoms with Crippen molar-refractivity contribution in [2.45, 2.75) is 23.4 Å². The van der Waals surface area contributed by atoms with Crippen molar-refractivity contribution in [3.05, 3.63) is 78.1 Å². The summed E-state index contributed by atoms with van der Waals surface area (Å²) < 4.78 is 48.2. The minimum absolute atomic E-state index is 0.117. The Morgan fingerprint density at radius 2 is 1.82 bits per heavy atom. The van der Waals surface area contributed by atoms with Gasteiger partial charge in [-0.2, -0.15) is 4.31 Å². The molecule has 0 saturated carbocycles. The average Bonchev–Trinajstić information content (AvgIpc) is 3.30. The molecule has 0 aromatic heterocycles. The zero-order chi connectivity index (χ0) is 23.2. The van der Waals surface area contributed by atoms with Crippen LogP contribution in [0.5, 0.6) is 5.75 Å². The molecule has 1 fully saturated rings. The molecule has 2 aliphatic heterocycles. The smallest absolute Gasteiger partial charge is 0.246 e. The number of ether oxygens (including phenoxy) is 1. The molecule has 0 bridgehead atoms. The molecule has 0 radical (unpaired) electrons. The van der Waals surface area contributed by atoms with Crippen LogP contribution in [-0.2, 0) is 10.0 Å². The van der Waals surface area contributed by atoms with E-state index in [0.29, 0.717) is 6.42 Å². The second kappa shape index (κ2) is 8.44. The zero-order valence-electron chi connectivity index (χ0n) is 18.1. The quantitative estimate of drug-likeness (QED) is 0.591. The van der Waals surface area contributed by atoms with E-state index in [9.17, 15) is 17.9 Å². The fraction of sp³-hybridized carbons (Fsp3) is 0.280. The van der Waals surface area contributed by atoms with Gasteiger partial charge in [0, 0.05) is 18.2 Å². The summed E-state index contributed by atoms with van der Waals surface area (Å²) in [4.78, 5) is -0.322. The lowest BCUT2D eigenvalue weighted by Crippen LogP contribution is -2.43. The summed E-state index contributed by atoms with van der Waals surface area (Å²) in [5.41, 5.74) is 3.52. The van der Waals surface area contributed by atoms with E-state index in [2.05, 4.69) is 5.32 Å². The van der Waals surface area contributed by atoms with Gasteiger partial charge in [0.2, 0.25) is 10.0 Å². The number of nitrogens with zero attached hydrogens (tertiary/aromatic N) is 1. The molecular weight excluding hydrogens is 443 g/mol. The van der Waals surface area contributed by atoms with Crippen molar-refractivity contribution in [1.29, 1.82) is 0 Å². The molecule has 0 aliphatic carbocycles. The van der Waals surface area contributed by atoms with Crippen LogP contribution in [0.1, 0.15) is 18.0 Å². The van der Waals surface area contributed by atoms with Crippen LogP contribution in [0.15, 0.2) is 71.6 Å². The van der Waals surface area contributed by atoms with Crippen LogP contribution in [0.25, 0.3) is 11.1 Å². The van der Waals surface area contributed by atoms with Crippen LogP contribution in [0.2, 0.25) is 0 Å². The summed E-state index contributed by atoms with van der Waals surface area (Å²) in [7, 11) is -2.46. The second-order valence-electron chi connectivity index (χ2n) is 8.41. The molecule has 6 nitrogen and oxygen atoms in total. The van der Waals surface area contributed by atoms with E-state index in [1.54, 1.807) is 7.11 Å². The van der Waals surface area contributed by atoms with Gasteiger partial charge >= 0.3 is 0 Å². The molecule has 3 atom stereocenters. The number of aliphatic hydroxyl groups is 1. The van der Waals surface area contributed by atoms with E-state index in [1.165, 1.54) is 22.5 Å². The van der Waals surface area contributed by atoms with Gasteiger partial charge in [0.25, 0.3) is 0 Å². The molecule has 0 spiro atoms. The third-order valence-corrected chi connectivity index (χ3v) is 8.58. The Balaban J connectivity index is 1.60. The van der Waals surface area contributed by atoms with E-state index < -0.39 is 21.9 Å². The molecule has 33 heavy (non-hydrogen) atoms. The molecule has 0 unspecified atom stereocenters. The van der Waals surface area contributed by atoms with Crippen molar-refractivity contribution in [2.75, 3.05) is 25.6 Å². The third-order valence-electron chi connectivity index (χ3n) is 6.67. The van der Waals surface area contributed by atoms with Crippen LogP contribution >= 0.6 is 0 Å². The zero-order valence-corrected chi connectivity index (χ0v) is 18.9. The Kier molecular flexibility index (Phi) is 5.60. The monoisotopic (exact) mass is 468 g/mol. The molecule has 8 heteroatoms. The van der Waals surface area contributed by atoms with Crippen molar-refractivity contribution < 1.29 is 22.7 Å². The van der Waals surface area contributed by atoms with Crippen LogP contribution in [-0.4, -0.2) is 44.1 Å². The summed E-state index contributed by atoms with van der Waals surface area (Å²) in [6.07, 6.45) is 0.572. The first-order chi connectivity index (χ1) is 15.9. The number of aliphatic hydroxyl groups excluding tert-OH is 1. The van der Waals surface area contributed by atoms with E-state index in [4.69, 9.17) is 4.74 Å². The Morgan fingerprint density at radius 1 is 1.09 bits per heavy atom. The van der Waals surface area contributed by atoms with Gasteiger partial charge in [-0.1, -0.05) is 30.3 Å². The summed E-state index contributed by atoms with van der Waals surface area (Å²) in [5.74, 6) is -0.141. The number of hydrogen-bond acceptors (Lipinski definition) is 5. The Bertz CT molecular complexity index is 1280. The number of fused-ring (bicyclic) bond motifs is 3. The van der Waals surface area contributed by atoms with Crippen molar-refractivity contribution in [2.24, 2.45) is 5.92 Å². The number of halogens is 1. The van der Waals surface area contributed by atoms with Gasteiger partial charge in [-0.25, -0.2) is 12.8 Å². The van der Waals surface area contributed by atoms with Crippen LogP contribution in [0.4, 0.5) is 10.1 Å². The number of hydrogen-bond donors (Lipinski definition) is 2. The molecule has 3 aromatic rings. The first kappa shape index (κ1) is 21.9. The maximum atomic E-state index is 14.5. The highest BCUT2D eigenvalue weighted by molar-refractivity contribution is 7.89. The number of methoxy groups -OCH3 is 1. The Morgan fingerprint density at radius 3 is 2.52 bits per heavy atom. The van der Waals surface area contributed by atoms with Crippen molar-refractivity contribution in [3.63, 3.8) is 0 Å². The Labute approximate surface area is 192 Å². The first-order valence-corrected chi connectivity index (χ1v) is 12.3. The second-order valence-corrected chi connectivity index (χ2v) is 10.3. The van der Waals surface area contributed by atoms with E-state index in [1.807, 2.05) is 42.5 Å². The summed E-state index contributed by atoms with van der Waals surface area (Å²) in [6, 6.07) is 18.2. The fourth-order valence-corrected chi connectivity index (χ4v) is 6.77. The number of rotatable bonds is 5. The highest BCUT2D eigenvalue weighted by Crippen LogP contribution is 2.49. The highest BCUT2D eigenvalue weighted by atomic mass is 32.2. The largest absolute Gasteiger partial charge is 0.497 e. The molecule has 172 valence electrons. The maximum Gasteiger partial charge on any atom is 0.246 e. The Hall–Kier alpha value is -2.94.